The van der Waals surface area contributed by atoms with Gasteiger partial charge in [-0.25, -0.2) is 4.79 Å². The van der Waals surface area contributed by atoms with Crippen molar-refractivity contribution in [1.29, 1.82) is 0 Å². The summed E-state index contributed by atoms with van der Waals surface area (Å²) in [6.07, 6.45) is 0.328. The van der Waals surface area contributed by atoms with E-state index in [1.54, 1.807) is 0 Å². The Balaban J connectivity index is 1.94. The van der Waals surface area contributed by atoms with Crippen LogP contribution in [0.4, 0.5) is 0 Å². The fourth-order valence-corrected chi connectivity index (χ4v) is 4.27. The van der Waals surface area contributed by atoms with Gasteiger partial charge in [-0.1, -0.05) is 28.1 Å². The van der Waals surface area contributed by atoms with Crippen molar-refractivity contribution in [1.82, 2.24) is 4.90 Å². The smallest absolute Gasteiger partial charge is 0.326 e. The van der Waals surface area contributed by atoms with Crippen LogP contribution < -0.4 is 0 Å². The Labute approximate surface area is 146 Å². The lowest BCUT2D eigenvalue weighted by Crippen LogP contribution is -2.50. The zero-order valence-electron chi connectivity index (χ0n) is 12.5. The maximum absolute atomic E-state index is 12.9. The highest BCUT2D eigenvalue weighted by Crippen LogP contribution is 2.32. The van der Waals surface area contributed by atoms with Crippen molar-refractivity contribution in [2.24, 2.45) is 0 Å². The van der Waals surface area contributed by atoms with Gasteiger partial charge in [0.05, 0.1) is 5.92 Å². The van der Waals surface area contributed by atoms with Gasteiger partial charge in [0.25, 0.3) is 0 Å². The minimum atomic E-state index is -0.961. The number of benzene rings is 1. The van der Waals surface area contributed by atoms with Crippen LogP contribution in [0.15, 0.2) is 39.5 Å². The van der Waals surface area contributed by atoms with E-state index in [0.29, 0.717) is 13.0 Å². The third kappa shape index (κ3) is 3.05. The number of thiophene rings is 1. The minimum absolute atomic E-state index is 0.138. The van der Waals surface area contributed by atoms with Crippen LogP contribution in [0.25, 0.3) is 0 Å². The van der Waals surface area contributed by atoms with Gasteiger partial charge in [0.2, 0.25) is 5.91 Å². The predicted octanol–water partition coefficient (Wildman–Crippen LogP) is 3.65. The SMILES string of the molecule is CC(C(=O)N1Cc2cccc(Br)c2CC1C(=O)O)c1ccsc1. The number of rotatable bonds is 3. The number of aliphatic carboxylic acids is 1. The van der Waals surface area contributed by atoms with Crippen LogP contribution in [0.5, 0.6) is 0 Å². The summed E-state index contributed by atoms with van der Waals surface area (Å²) in [4.78, 5) is 26.1. The highest BCUT2D eigenvalue weighted by molar-refractivity contribution is 9.10. The van der Waals surface area contributed by atoms with E-state index in [1.807, 2.05) is 41.9 Å². The molecule has 4 nitrogen and oxygen atoms in total. The molecule has 0 radical (unpaired) electrons. The summed E-state index contributed by atoms with van der Waals surface area (Å²) < 4.78 is 0.902. The Morgan fingerprint density at radius 3 is 2.83 bits per heavy atom. The zero-order valence-corrected chi connectivity index (χ0v) is 14.9. The Hall–Kier alpha value is -1.66. The van der Waals surface area contributed by atoms with E-state index in [-0.39, 0.29) is 11.8 Å². The lowest BCUT2D eigenvalue weighted by atomic mass is 9.92. The zero-order chi connectivity index (χ0) is 16.6. The number of fused-ring (bicyclic) bond motifs is 1. The number of nitrogens with zero attached hydrogens (tertiary/aromatic N) is 1. The molecular formula is C17H16BrNO3S. The molecule has 0 bridgehead atoms. The average molecular weight is 394 g/mol. The van der Waals surface area contributed by atoms with Gasteiger partial charge in [-0.2, -0.15) is 11.3 Å². The van der Waals surface area contributed by atoms with E-state index in [4.69, 9.17) is 0 Å². The Bertz CT molecular complexity index is 744. The summed E-state index contributed by atoms with van der Waals surface area (Å²) >= 11 is 5.02. The molecule has 2 atom stereocenters. The normalized spacial score (nSPS) is 18.3. The van der Waals surface area contributed by atoms with Gasteiger partial charge in [0.15, 0.2) is 0 Å². The molecule has 1 aromatic carbocycles. The molecular weight excluding hydrogens is 378 g/mol. The van der Waals surface area contributed by atoms with Crippen molar-refractivity contribution >= 4 is 39.1 Å². The van der Waals surface area contributed by atoms with Gasteiger partial charge in [-0.15, -0.1) is 0 Å². The second-order valence-electron chi connectivity index (χ2n) is 5.68. The van der Waals surface area contributed by atoms with Gasteiger partial charge < -0.3 is 10.0 Å². The number of amides is 1. The molecule has 1 aromatic heterocycles. The van der Waals surface area contributed by atoms with Gasteiger partial charge in [-0.3, -0.25) is 4.79 Å². The van der Waals surface area contributed by atoms with E-state index in [2.05, 4.69) is 15.9 Å². The molecule has 1 aliphatic heterocycles. The molecule has 1 N–H and O–H groups in total. The van der Waals surface area contributed by atoms with Crippen LogP contribution >= 0.6 is 27.3 Å². The Morgan fingerprint density at radius 2 is 2.17 bits per heavy atom. The van der Waals surface area contributed by atoms with Crippen LogP contribution in [-0.4, -0.2) is 27.9 Å². The fraction of sp³-hybridized carbons (Fsp3) is 0.294. The maximum Gasteiger partial charge on any atom is 0.326 e. The molecule has 0 spiro atoms. The number of carboxylic acids is 1. The van der Waals surface area contributed by atoms with Crippen molar-refractivity contribution in [2.75, 3.05) is 0 Å². The van der Waals surface area contributed by atoms with E-state index in [1.165, 1.54) is 16.2 Å². The average Bonchev–Trinajstić information content (AvgIpc) is 3.07. The van der Waals surface area contributed by atoms with Crippen molar-refractivity contribution in [3.05, 3.63) is 56.2 Å². The largest absolute Gasteiger partial charge is 0.480 e. The van der Waals surface area contributed by atoms with Crippen molar-refractivity contribution in [3.63, 3.8) is 0 Å². The summed E-state index contributed by atoms with van der Waals surface area (Å²) in [5.74, 6) is -1.43. The summed E-state index contributed by atoms with van der Waals surface area (Å²) in [5.41, 5.74) is 2.92. The first-order valence-electron chi connectivity index (χ1n) is 7.30. The summed E-state index contributed by atoms with van der Waals surface area (Å²) in [5, 5.41) is 13.4. The molecule has 0 saturated carbocycles. The third-order valence-corrected chi connectivity index (χ3v) is 5.76. The number of halogens is 1. The number of carbonyl (C=O) groups excluding carboxylic acids is 1. The first kappa shape index (κ1) is 16.2. The molecule has 1 aliphatic rings. The minimum Gasteiger partial charge on any atom is -0.480 e. The molecule has 2 heterocycles. The van der Waals surface area contributed by atoms with Crippen molar-refractivity contribution < 1.29 is 14.7 Å². The quantitative estimate of drug-likeness (QED) is 0.865. The first-order chi connectivity index (χ1) is 11.0. The van der Waals surface area contributed by atoms with Crippen LogP contribution in [-0.2, 0) is 22.6 Å². The van der Waals surface area contributed by atoms with E-state index >= 15 is 0 Å². The molecule has 0 aliphatic carbocycles. The molecule has 3 rings (SSSR count). The lowest BCUT2D eigenvalue weighted by molar-refractivity contribution is -0.151. The number of carboxylic acid groups (broad SMARTS) is 1. The highest BCUT2D eigenvalue weighted by Gasteiger charge is 2.37. The summed E-state index contributed by atoms with van der Waals surface area (Å²) in [6.45, 7) is 2.17. The molecule has 0 fully saturated rings. The molecule has 2 aromatic rings. The molecule has 23 heavy (non-hydrogen) atoms. The number of hydrogen-bond donors (Lipinski definition) is 1. The van der Waals surface area contributed by atoms with Crippen LogP contribution in [0.3, 0.4) is 0 Å². The third-order valence-electron chi connectivity index (χ3n) is 4.31. The van der Waals surface area contributed by atoms with Gasteiger partial charge in [0.1, 0.15) is 6.04 Å². The molecule has 0 saturated heterocycles. The Kier molecular flexibility index (Phi) is 4.55. The van der Waals surface area contributed by atoms with E-state index < -0.39 is 12.0 Å². The molecule has 6 heteroatoms. The fourth-order valence-electron chi connectivity index (χ4n) is 2.94. The maximum atomic E-state index is 12.9. The van der Waals surface area contributed by atoms with Gasteiger partial charge >= 0.3 is 5.97 Å². The molecule has 120 valence electrons. The van der Waals surface area contributed by atoms with Crippen molar-refractivity contribution in [2.45, 2.75) is 31.8 Å². The molecule has 1 amide bonds. The van der Waals surface area contributed by atoms with Crippen molar-refractivity contribution in [3.8, 4) is 0 Å². The van der Waals surface area contributed by atoms with E-state index in [0.717, 1.165) is 21.2 Å². The second-order valence-corrected chi connectivity index (χ2v) is 7.31. The monoisotopic (exact) mass is 393 g/mol. The van der Waals surface area contributed by atoms with Gasteiger partial charge in [0, 0.05) is 17.4 Å². The van der Waals surface area contributed by atoms with E-state index in [9.17, 15) is 14.7 Å². The molecule has 2 unspecified atom stereocenters. The predicted molar refractivity (Wildman–Crippen MR) is 92.6 cm³/mol. The summed E-state index contributed by atoms with van der Waals surface area (Å²) in [7, 11) is 0. The topological polar surface area (TPSA) is 57.6 Å². The van der Waals surface area contributed by atoms with Crippen LogP contribution in [0.1, 0.15) is 29.5 Å². The number of carbonyl (C=O) groups is 2. The summed E-state index contributed by atoms with van der Waals surface area (Å²) in [6, 6.07) is 6.86. The standard InChI is InChI=1S/C17H16BrNO3S/c1-10(12-5-6-23-9-12)16(20)19-8-11-3-2-4-14(18)13(11)7-15(19)17(21)22/h2-6,9-10,15H,7-8H2,1H3,(H,21,22). The van der Waals surface area contributed by atoms with Crippen LogP contribution in [0.2, 0.25) is 0 Å². The first-order valence-corrected chi connectivity index (χ1v) is 9.04. The Morgan fingerprint density at radius 1 is 1.39 bits per heavy atom. The number of hydrogen-bond acceptors (Lipinski definition) is 3. The second kappa shape index (κ2) is 6.45. The lowest BCUT2D eigenvalue weighted by Gasteiger charge is -2.36. The highest BCUT2D eigenvalue weighted by atomic mass is 79.9. The van der Waals surface area contributed by atoms with Gasteiger partial charge in [-0.05, 0) is 46.5 Å². The van der Waals surface area contributed by atoms with Crippen LogP contribution in [0, 0.1) is 0 Å².